The van der Waals surface area contributed by atoms with Gasteiger partial charge in [0, 0.05) is 5.56 Å². The van der Waals surface area contributed by atoms with Crippen molar-refractivity contribution < 1.29 is 4.74 Å². The molecular weight excluding hydrogens is 322 g/mol. The lowest BCUT2D eigenvalue weighted by Gasteiger charge is -2.04. The first-order valence-corrected chi connectivity index (χ1v) is 7.12. The Balaban J connectivity index is 1.92. The minimum absolute atomic E-state index is 0.00461. The zero-order valence-electron chi connectivity index (χ0n) is 11.8. The van der Waals surface area contributed by atoms with Crippen LogP contribution in [0.4, 0.5) is 0 Å². The van der Waals surface area contributed by atoms with Crippen LogP contribution in [-0.2, 0) is 0 Å². The van der Waals surface area contributed by atoms with Crippen LogP contribution in [0.5, 0.6) is 5.75 Å². The molecule has 118 valence electrons. The Hall–Kier alpha value is -3.08. The van der Waals surface area contributed by atoms with Crippen molar-refractivity contribution in [3.8, 4) is 17.1 Å². The van der Waals surface area contributed by atoms with Crippen molar-refractivity contribution >= 4 is 11.8 Å². The molecule has 0 aliphatic rings. The van der Waals surface area contributed by atoms with Crippen LogP contribution in [0.2, 0.25) is 0 Å². The molecule has 0 aliphatic carbocycles. The first-order valence-electron chi connectivity index (χ1n) is 6.30. The number of hydrogen-bond acceptors (Lipinski definition) is 8. The Bertz CT molecular complexity index is 944. The maximum Gasteiger partial charge on any atom is 0.342 e. The Kier molecular flexibility index (Phi) is 3.85. The van der Waals surface area contributed by atoms with Crippen molar-refractivity contribution in [3.05, 3.63) is 45.1 Å². The van der Waals surface area contributed by atoms with E-state index in [1.54, 1.807) is 31.4 Å². The zero-order chi connectivity index (χ0) is 16.4. The minimum atomic E-state index is -0.688. The van der Waals surface area contributed by atoms with Crippen molar-refractivity contribution in [2.45, 2.75) is 10.2 Å². The smallest absolute Gasteiger partial charge is 0.342 e. The fraction of sp³-hybridized carbons (Fsp3) is 0.0833. The molecule has 11 heteroatoms. The van der Waals surface area contributed by atoms with Gasteiger partial charge < -0.3 is 10.6 Å². The SMILES string of the molecule is COc1ccc(-c2nnc(Sc3n[nH]c(=O)[nH]c3=O)n2N)cc1. The monoisotopic (exact) mass is 333 g/mol. The summed E-state index contributed by atoms with van der Waals surface area (Å²) in [4.78, 5) is 24.7. The average molecular weight is 333 g/mol. The zero-order valence-corrected chi connectivity index (χ0v) is 12.6. The van der Waals surface area contributed by atoms with E-state index in [4.69, 9.17) is 10.6 Å². The highest BCUT2D eigenvalue weighted by Crippen LogP contribution is 2.25. The highest BCUT2D eigenvalue weighted by Gasteiger charge is 2.15. The van der Waals surface area contributed by atoms with Crippen LogP contribution in [-0.4, -0.2) is 37.2 Å². The van der Waals surface area contributed by atoms with Crippen LogP contribution in [0, 0.1) is 0 Å². The van der Waals surface area contributed by atoms with E-state index in [0.29, 0.717) is 11.6 Å². The lowest BCUT2D eigenvalue weighted by atomic mass is 10.2. The molecule has 0 unspecified atom stereocenters. The van der Waals surface area contributed by atoms with Gasteiger partial charge in [0.15, 0.2) is 10.9 Å². The van der Waals surface area contributed by atoms with E-state index in [9.17, 15) is 9.59 Å². The molecule has 2 aromatic heterocycles. The first kappa shape index (κ1) is 14.8. The van der Waals surface area contributed by atoms with Gasteiger partial charge in [-0.05, 0) is 36.0 Å². The standard InChI is InChI=1S/C12H11N7O3S/c1-22-7-4-2-6(3-5-7)8-15-18-12(19(8)13)23-10-9(20)14-11(21)17-16-10/h2-5H,13H2,1H3,(H2,14,17,20,21). The molecule has 0 spiro atoms. The van der Waals surface area contributed by atoms with Crippen molar-refractivity contribution in [2.75, 3.05) is 13.0 Å². The maximum atomic E-state index is 11.6. The third-order valence-electron chi connectivity index (χ3n) is 2.88. The van der Waals surface area contributed by atoms with E-state index in [1.165, 1.54) is 4.68 Å². The van der Waals surface area contributed by atoms with Gasteiger partial charge in [0.05, 0.1) is 7.11 Å². The van der Waals surface area contributed by atoms with E-state index in [2.05, 4.69) is 25.4 Å². The van der Waals surface area contributed by atoms with Gasteiger partial charge in [0.25, 0.3) is 5.56 Å². The summed E-state index contributed by atoms with van der Waals surface area (Å²) in [6, 6.07) is 7.10. The van der Waals surface area contributed by atoms with E-state index in [0.717, 1.165) is 17.3 Å². The van der Waals surface area contributed by atoms with Gasteiger partial charge >= 0.3 is 5.69 Å². The van der Waals surface area contributed by atoms with Gasteiger partial charge in [-0.25, -0.2) is 14.6 Å². The summed E-state index contributed by atoms with van der Waals surface area (Å²) in [7, 11) is 1.57. The van der Waals surface area contributed by atoms with E-state index >= 15 is 0 Å². The summed E-state index contributed by atoms with van der Waals surface area (Å²) in [5.74, 6) is 7.08. The number of benzene rings is 1. The highest BCUT2D eigenvalue weighted by molar-refractivity contribution is 7.99. The largest absolute Gasteiger partial charge is 0.497 e. The molecule has 0 fully saturated rings. The molecule has 0 aliphatic heterocycles. The summed E-state index contributed by atoms with van der Waals surface area (Å²) in [5, 5.41) is 14.0. The molecule has 0 radical (unpaired) electrons. The van der Waals surface area contributed by atoms with Crippen LogP contribution in [0.25, 0.3) is 11.4 Å². The summed E-state index contributed by atoms with van der Waals surface area (Å²) in [5.41, 5.74) is -0.587. The Morgan fingerprint density at radius 3 is 2.61 bits per heavy atom. The Labute approximate surface area is 132 Å². The van der Waals surface area contributed by atoms with Crippen LogP contribution < -0.4 is 21.8 Å². The van der Waals surface area contributed by atoms with E-state index in [-0.39, 0.29) is 10.2 Å². The first-order chi connectivity index (χ1) is 11.1. The van der Waals surface area contributed by atoms with Crippen LogP contribution >= 0.6 is 11.8 Å². The van der Waals surface area contributed by atoms with Gasteiger partial charge in [-0.15, -0.1) is 10.2 Å². The normalized spacial score (nSPS) is 10.7. The molecule has 0 amide bonds. The van der Waals surface area contributed by atoms with Crippen molar-refractivity contribution in [1.29, 1.82) is 0 Å². The molecule has 0 saturated carbocycles. The molecule has 10 nitrogen and oxygen atoms in total. The third-order valence-corrected chi connectivity index (χ3v) is 3.81. The topological polar surface area (TPSA) is 145 Å². The second-order valence-electron chi connectivity index (χ2n) is 4.32. The van der Waals surface area contributed by atoms with Crippen LogP contribution in [0.1, 0.15) is 0 Å². The summed E-state index contributed by atoms with van der Waals surface area (Å²) >= 11 is 0.887. The van der Waals surface area contributed by atoms with Crippen LogP contribution in [0.15, 0.2) is 44.0 Å². The van der Waals surface area contributed by atoms with Crippen LogP contribution in [0.3, 0.4) is 0 Å². The number of ether oxygens (including phenoxy) is 1. The number of aromatic nitrogens is 6. The molecule has 0 saturated heterocycles. The lowest BCUT2D eigenvalue weighted by molar-refractivity contribution is 0.415. The number of hydrogen-bond donors (Lipinski definition) is 3. The van der Waals surface area contributed by atoms with Crippen molar-refractivity contribution in [1.82, 2.24) is 30.1 Å². The summed E-state index contributed by atoms with van der Waals surface area (Å²) < 4.78 is 6.32. The Morgan fingerprint density at radius 1 is 1.22 bits per heavy atom. The number of rotatable bonds is 4. The minimum Gasteiger partial charge on any atom is -0.497 e. The molecule has 2 heterocycles. The average Bonchev–Trinajstić information content (AvgIpc) is 2.91. The fourth-order valence-corrected chi connectivity index (χ4v) is 2.45. The maximum absolute atomic E-state index is 11.6. The molecule has 0 bridgehead atoms. The number of nitrogens with zero attached hydrogens (tertiary/aromatic N) is 4. The van der Waals surface area contributed by atoms with Crippen molar-refractivity contribution in [2.24, 2.45) is 0 Å². The predicted molar refractivity (Wildman–Crippen MR) is 81.8 cm³/mol. The van der Waals surface area contributed by atoms with Gasteiger partial charge in [0.1, 0.15) is 5.75 Å². The lowest BCUT2D eigenvalue weighted by Crippen LogP contribution is -2.25. The fourth-order valence-electron chi connectivity index (χ4n) is 1.78. The van der Waals surface area contributed by atoms with E-state index in [1.807, 2.05) is 0 Å². The number of methoxy groups -OCH3 is 1. The van der Waals surface area contributed by atoms with Gasteiger partial charge in [0.2, 0.25) is 5.16 Å². The number of nitrogens with two attached hydrogens (primary N) is 1. The summed E-state index contributed by atoms with van der Waals surface area (Å²) in [6.07, 6.45) is 0. The van der Waals surface area contributed by atoms with Gasteiger partial charge in [-0.2, -0.15) is 5.10 Å². The predicted octanol–water partition coefficient (Wildman–Crippen LogP) is -0.410. The molecule has 0 atom stereocenters. The van der Waals surface area contributed by atoms with Gasteiger partial charge in [-0.1, -0.05) is 0 Å². The number of aromatic amines is 2. The number of H-pyrrole nitrogens is 2. The Morgan fingerprint density at radius 2 is 1.96 bits per heavy atom. The molecule has 3 rings (SSSR count). The molecule has 23 heavy (non-hydrogen) atoms. The van der Waals surface area contributed by atoms with Gasteiger partial charge in [-0.3, -0.25) is 9.78 Å². The number of nitrogens with one attached hydrogen (secondary N) is 2. The second kappa shape index (κ2) is 5.96. The second-order valence-corrected chi connectivity index (χ2v) is 5.27. The molecule has 3 aromatic rings. The number of nitrogen functional groups attached to an aromatic ring is 1. The quantitative estimate of drug-likeness (QED) is 0.546. The summed E-state index contributed by atoms with van der Waals surface area (Å²) in [6.45, 7) is 0. The molecule has 1 aromatic carbocycles. The van der Waals surface area contributed by atoms with E-state index < -0.39 is 11.2 Å². The third kappa shape index (κ3) is 2.94. The molecule has 4 N–H and O–H groups in total. The van der Waals surface area contributed by atoms with Crippen molar-refractivity contribution in [3.63, 3.8) is 0 Å². The highest BCUT2D eigenvalue weighted by atomic mass is 32.2. The molecular formula is C12H11N7O3S.